The van der Waals surface area contributed by atoms with E-state index in [1.807, 2.05) is 11.9 Å². The molecule has 0 aliphatic rings. The lowest BCUT2D eigenvalue weighted by atomic mass is 10.0. The number of H-pyrrole nitrogens is 1. The topological polar surface area (TPSA) is 67.3 Å². The molecule has 0 atom stereocenters. The fourth-order valence-corrected chi connectivity index (χ4v) is 3.18. The third kappa shape index (κ3) is 4.15. The third-order valence-corrected chi connectivity index (χ3v) is 4.78. The second-order valence-corrected chi connectivity index (χ2v) is 6.71. The number of aromatic amines is 1. The molecule has 0 aliphatic carbocycles. The van der Waals surface area contributed by atoms with Gasteiger partial charge < -0.3 is 4.74 Å². The molecule has 2 rings (SSSR count). The molecule has 0 saturated heterocycles. The normalized spacial score (nSPS) is 11.3. The zero-order valence-corrected chi connectivity index (χ0v) is 16.2. The average Bonchev–Trinajstić information content (AvgIpc) is 2.81. The molecule has 1 aromatic heterocycles. The molecular formula is C17H21Cl2N3O3. The van der Waals surface area contributed by atoms with Gasteiger partial charge in [-0.2, -0.15) is 0 Å². The summed E-state index contributed by atoms with van der Waals surface area (Å²) < 4.78 is 6.33. The number of carbonyl (C=O) groups excluding carboxylic acids is 1. The Hall–Kier alpha value is -1.60. The number of rotatable bonds is 7. The van der Waals surface area contributed by atoms with Crippen molar-refractivity contribution in [3.8, 4) is 0 Å². The summed E-state index contributed by atoms with van der Waals surface area (Å²) in [4.78, 5) is 27.0. The Bertz CT molecular complexity index is 842. The molecule has 6 nitrogen and oxygen atoms in total. The fraction of sp³-hybridized carbons (Fsp3) is 0.412. The van der Waals surface area contributed by atoms with Crippen molar-refractivity contribution in [1.82, 2.24) is 14.7 Å². The van der Waals surface area contributed by atoms with E-state index in [0.717, 1.165) is 0 Å². The van der Waals surface area contributed by atoms with E-state index in [-0.39, 0.29) is 21.7 Å². The lowest BCUT2D eigenvalue weighted by molar-refractivity contribution is 0.103. The molecule has 1 aromatic carbocycles. The molecule has 25 heavy (non-hydrogen) atoms. The Morgan fingerprint density at radius 1 is 1.36 bits per heavy atom. The van der Waals surface area contributed by atoms with Crippen LogP contribution in [0, 0.1) is 6.92 Å². The molecule has 1 N–H and O–H groups in total. The van der Waals surface area contributed by atoms with Crippen LogP contribution in [0.4, 0.5) is 0 Å². The zero-order chi connectivity index (χ0) is 18.7. The fourth-order valence-electron chi connectivity index (χ4n) is 2.60. The van der Waals surface area contributed by atoms with Gasteiger partial charge in [0, 0.05) is 49.1 Å². The number of aryl methyl sites for hydroxylation is 2. The van der Waals surface area contributed by atoms with Gasteiger partial charge in [-0.25, -0.2) is 0 Å². The molecule has 0 aliphatic heterocycles. The first kappa shape index (κ1) is 19.7. The van der Waals surface area contributed by atoms with Crippen molar-refractivity contribution in [2.75, 3.05) is 27.3 Å². The molecule has 0 amide bonds. The predicted octanol–water partition coefficient (Wildman–Crippen LogP) is 2.64. The number of nitrogens with zero attached hydrogens (tertiary/aromatic N) is 2. The number of benzene rings is 1. The van der Waals surface area contributed by atoms with Gasteiger partial charge in [0.05, 0.1) is 11.6 Å². The molecule has 1 heterocycles. The van der Waals surface area contributed by atoms with Crippen molar-refractivity contribution in [1.29, 1.82) is 0 Å². The van der Waals surface area contributed by atoms with Crippen LogP contribution in [0.25, 0.3) is 0 Å². The summed E-state index contributed by atoms with van der Waals surface area (Å²) in [7, 11) is 5.10. The van der Waals surface area contributed by atoms with Gasteiger partial charge in [0.1, 0.15) is 5.56 Å². The van der Waals surface area contributed by atoms with Crippen LogP contribution in [-0.4, -0.2) is 47.8 Å². The van der Waals surface area contributed by atoms with Crippen LogP contribution in [-0.2, 0) is 18.3 Å². The highest BCUT2D eigenvalue weighted by Gasteiger charge is 2.23. The second-order valence-electron chi connectivity index (χ2n) is 5.92. The lowest BCUT2D eigenvalue weighted by Gasteiger charge is -2.19. The van der Waals surface area contributed by atoms with Crippen LogP contribution in [0.2, 0.25) is 10.0 Å². The van der Waals surface area contributed by atoms with Crippen LogP contribution >= 0.6 is 23.2 Å². The van der Waals surface area contributed by atoms with Gasteiger partial charge in [0.25, 0.3) is 5.56 Å². The summed E-state index contributed by atoms with van der Waals surface area (Å²) in [6, 6.07) is 3.18. The van der Waals surface area contributed by atoms with Gasteiger partial charge in [-0.05, 0) is 26.1 Å². The largest absolute Gasteiger partial charge is 0.383 e. The number of hydrogen-bond acceptors (Lipinski definition) is 4. The Balaban J connectivity index is 2.41. The van der Waals surface area contributed by atoms with E-state index in [1.165, 1.54) is 4.68 Å². The maximum Gasteiger partial charge on any atom is 0.277 e. The lowest BCUT2D eigenvalue weighted by Crippen LogP contribution is -2.23. The van der Waals surface area contributed by atoms with Crippen molar-refractivity contribution >= 4 is 29.0 Å². The third-order valence-electron chi connectivity index (χ3n) is 3.99. The van der Waals surface area contributed by atoms with E-state index in [0.29, 0.717) is 36.0 Å². The van der Waals surface area contributed by atoms with Crippen molar-refractivity contribution < 1.29 is 9.53 Å². The minimum atomic E-state index is -0.415. The number of ketones is 1. The van der Waals surface area contributed by atoms with E-state index in [9.17, 15) is 9.59 Å². The van der Waals surface area contributed by atoms with Crippen molar-refractivity contribution in [3.05, 3.63) is 54.9 Å². The van der Waals surface area contributed by atoms with Crippen LogP contribution in [0.5, 0.6) is 0 Å². The summed E-state index contributed by atoms with van der Waals surface area (Å²) >= 11 is 12.7. The van der Waals surface area contributed by atoms with Crippen LogP contribution < -0.4 is 5.56 Å². The highest BCUT2D eigenvalue weighted by atomic mass is 35.5. The molecule has 0 bridgehead atoms. The van der Waals surface area contributed by atoms with Gasteiger partial charge in [-0.1, -0.05) is 23.2 Å². The highest BCUT2D eigenvalue weighted by Crippen LogP contribution is 2.30. The molecule has 0 fully saturated rings. The highest BCUT2D eigenvalue weighted by molar-refractivity contribution is 6.38. The first-order valence-electron chi connectivity index (χ1n) is 7.72. The minimum absolute atomic E-state index is 0.0883. The van der Waals surface area contributed by atoms with E-state index in [2.05, 4.69) is 5.10 Å². The number of halogens is 2. The summed E-state index contributed by atoms with van der Waals surface area (Å²) in [5.41, 5.74) is 1.12. The Labute approximate surface area is 156 Å². The number of ether oxygens (including phenoxy) is 1. The van der Waals surface area contributed by atoms with Crippen molar-refractivity contribution in [3.63, 3.8) is 0 Å². The Morgan fingerprint density at radius 3 is 2.60 bits per heavy atom. The van der Waals surface area contributed by atoms with E-state index >= 15 is 0 Å². The standard InChI is InChI=1S/C17H21Cl2N3O3/c1-10-14(17(24)22(3)20-10)16(23)11-5-6-13(18)12(15(11)19)9-21(2)7-8-25-4/h5-6,20H,7-9H2,1-4H3. The number of hydrogen-bond donors (Lipinski definition) is 1. The first-order chi connectivity index (χ1) is 11.8. The average molecular weight is 386 g/mol. The Kier molecular flexibility index (Phi) is 6.46. The number of aromatic nitrogens is 2. The number of nitrogens with one attached hydrogen (secondary N) is 1. The number of carbonyl (C=O) groups is 1. The van der Waals surface area contributed by atoms with Crippen LogP contribution in [0.3, 0.4) is 0 Å². The first-order valence-corrected chi connectivity index (χ1v) is 8.48. The SMILES string of the molecule is COCCN(C)Cc1c(Cl)ccc(C(=O)c2c(C)[nH]n(C)c2=O)c1Cl. The Morgan fingerprint density at radius 2 is 2.04 bits per heavy atom. The van der Waals surface area contributed by atoms with E-state index < -0.39 is 5.78 Å². The molecule has 0 saturated carbocycles. The van der Waals surface area contributed by atoms with Gasteiger partial charge >= 0.3 is 0 Å². The zero-order valence-electron chi connectivity index (χ0n) is 14.7. The molecule has 8 heteroatoms. The van der Waals surface area contributed by atoms with Crippen molar-refractivity contribution in [2.24, 2.45) is 7.05 Å². The number of methoxy groups -OCH3 is 1. The summed E-state index contributed by atoms with van der Waals surface area (Å²) in [5.74, 6) is -0.415. The monoisotopic (exact) mass is 385 g/mol. The molecule has 0 spiro atoms. The van der Waals surface area contributed by atoms with Crippen LogP contribution in [0.15, 0.2) is 16.9 Å². The summed E-state index contributed by atoms with van der Waals surface area (Å²) in [6.45, 7) is 3.41. The maximum atomic E-state index is 12.8. The predicted molar refractivity (Wildman–Crippen MR) is 98.9 cm³/mol. The van der Waals surface area contributed by atoms with Crippen molar-refractivity contribution in [2.45, 2.75) is 13.5 Å². The van der Waals surface area contributed by atoms with Gasteiger partial charge in [-0.15, -0.1) is 0 Å². The van der Waals surface area contributed by atoms with E-state index in [4.69, 9.17) is 27.9 Å². The second kappa shape index (κ2) is 8.19. The quantitative estimate of drug-likeness (QED) is 0.743. The minimum Gasteiger partial charge on any atom is -0.383 e. The molecular weight excluding hydrogens is 365 g/mol. The smallest absolute Gasteiger partial charge is 0.277 e. The van der Waals surface area contributed by atoms with Gasteiger partial charge in [0.2, 0.25) is 5.78 Å². The van der Waals surface area contributed by atoms with E-state index in [1.54, 1.807) is 33.2 Å². The molecule has 136 valence electrons. The van der Waals surface area contributed by atoms with Gasteiger partial charge in [0.15, 0.2) is 0 Å². The molecule has 0 unspecified atom stereocenters. The maximum absolute atomic E-state index is 12.8. The summed E-state index contributed by atoms with van der Waals surface area (Å²) in [5, 5.41) is 3.56. The van der Waals surface area contributed by atoms with Crippen LogP contribution in [0.1, 0.15) is 27.2 Å². The summed E-state index contributed by atoms with van der Waals surface area (Å²) in [6.07, 6.45) is 0. The molecule has 0 radical (unpaired) electrons. The van der Waals surface area contributed by atoms with Gasteiger partial charge in [-0.3, -0.25) is 24.3 Å². The molecule has 2 aromatic rings. The number of likely N-dealkylation sites (N-methyl/N-ethyl adjacent to an activating group) is 1.